The largest absolute Gasteiger partial charge is 0.338 e. The first-order valence-electron chi connectivity index (χ1n) is 7.58. The molecule has 122 valence electrons. The van der Waals surface area contributed by atoms with Crippen molar-refractivity contribution < 1.29 is 0 Å². The van der Waals surface area contributed by atoms with Crippen molar-refractivity contribution in [1.82, 2.24) is 15.2 Å². The molecular weight excluding hydrogens is 366 g/mol. The number of halogens is 1. The Kier molecular flexibility index (Phi) is 4.76. The number of hydrogen-bond donors (Lipinski definition) is 2. The molecule has 0 fully saturated rings. The van der Waals surface area contributed by atoms with Gasteiger partial charge in [0, 0.05) is 15.8 Å². The smallest absolute Gasteiger partial charge is 0.249 e. The van der Waals surface area contributed by atoms with Gasteiger partial charge in [0.25, 0.3) is 0 Å². The summed E-state index contributed by atoms with van der Waals surface area (Å²) in [5.41, 5.74) is 5.54. The maximum Gasteiger partial charge on any atom is 0.249 e. The van der Waals surface area contributed by atoms with E-state index in [-0.39, 0.29) is 0 Å². The van der Waals surface area contributed by atoms with Gasteiger partial charge < -0.3 is 10.6 Å². The number of rotatable bonds is 4. The molecule has 0 radical (unpaired) electrons. The van der Waals surface area contributed by atoms with E-state index < -0.39 is 0 Å². The lowest BCUT2D eigenvalue weighted by atomic mass is 10.1. The molecule has 0 aliphatic heterocycles. The molecule has 0 bridgehead atoms. The SMILES string of the molecule is Cc1cc(C)c(Nc2cnnc(Nc3cccc(Br)c3)n2)c(C)c1. The molecule has 0 saturated heterocycles. The minimum Gasteiger partial charge on any atom is -0.338 e. The van der Waals surface area contributed by atoms with Crippen LogP contribution in [0.15, 0.2) is 47.1 Å². The van der Waals surface area contributed by atoms with Crippen molar-refractivity contribution in [2.75, 3.05) is 10.6 Å². The summed E-state index contributed by atoms with van der Waals surface area (Å²) in [4.78, 5) is 4.49. The van der Waals surface area contributed by atoms with Crippen molar-refractivity contribution in [2.24, 2.45) is 0 Å². The first-order chi connectivity index (χ1) is 11.5. The second kappa shape index (κ2) is 6.97. The van der Waals surface area contributed by atoms with E-state index in [1.807, 2.05) is 24.3 Å². The number of nitrogens with zero attached hydrogens (tertiary/aromatic N) is 3. The highest BCUT2D eigenvalue weighted by Crippen LogP contribution is 2.25. The van der Waals surface area contributed by atoms with E-state index in [2.05, 4.69) is 74.6 Å². The van der Waals surface area contributed by atoms with Crippen molar-refractivity contribution in [3.8, 4) is 0 Å². The van der Waals surface area contributed by atoms with Crippen molar-refractivity contribution in [1.29, 1.82) is 0 Å². The highest BCUT2D eigenvalue weighted by molar-refractivity contribution is 9.10. The predicted molar refractivity (Wildman–Crippen MR) is 101 cm³/mol. The molecule has 2 aromatic carbocycles. The van der Waals surface area contributed by atoms with Gasteiger partial charge in [0.1, 0.15) is 0 Å². The summed E-state index contributed by atoms with van der Waals surface area (Å²) < 4.78 is 0.987. The maximum atomic E-state index is 4.49. The van der Waals surface area contributed by atoms with Gasteiger partial charge in [-0.05, 0) is 50.1 Å². The monoisotopic (exact) mass is 383 g/mol. The number of benzene rings is 2. The number of nitrogens with one attached hydrogen (secondary N) is 2. The summed E-state index contributed by atoms with van der Waals surface area (Å²) >= 11 is 3.45. The van der Waals surface area contributed by atoms with Crippen LogP contribution in [0.1, 0.15) is 16.7 Å². The predicted octanol–water partition coefficient (Wildman–Crippen LogP) is 5.05. The molecule has 3 aromatic rings. The van der Waals surface area contributed by atoms with Gasteiger partial charge in [0.05, 0.1) is 6.20 Å². The minimum absolute atomic E-state index is 0.445. The summed E-state index contributed by atoms with van der Waals surface area (Å²) in [6, 6.07) is 12.1. The third-order valence-electron chi connectivity index (χ3n) is 3.57. The van der Waals surface area contributed by atoms with Crippen LogP contribution in [0.25, 0.3) is 0 Å². The second-order valence-electron chi connectivity index (χ2n) is 5.70. The van der Waals surface area contributed by atoms with Crippen molar-refractivity contribution in [3.63, 3.8) is 0 Å². The maximum absolute atomic E-state index is 4.49. The molecule has 6 heteroatoms. The quantitative estimate of drug-likeness (QED) is 0.659. The highest BCUT2D eigenvalue weighted by atomic mass is 79.9. The molecule has 2 N–H and O–H groups in total. The average molecular weight is 384 g/mol. The molecule has 5 nitrogen and oxygen atoms in total. The Balaban J connectivity index is 1.83. The third-order valence-corrected chi connectivity index (χ3v) is 4.06. The van der Waals surface area contributed by atoms with Crippen molar-refractivity contribution in [2.45, 2.75) is 20.8 Å². The Morgan fingerprint density at radius 3 is 2.42 bits per heavy atom. The van der Waals surface area contributed by atoms with Gasteiger partial charge in [-0.1, -0.05) is 39.7 Å². The van der Waals surface area contributed by atoms with Gasteiger partial charge >= 0.3 is 0 Å². The van der Waals surface area contributed by atoms with E-state index in [0.717, 1.165) is 15.8 Å². The Labute approximate surface area is 149 Å². The standard InChI is InChI=1S/C18H18BrN5/c1-11-7-12(2)17(13(3)8-11)22-16-10-20-24-18(23-16)21-15-6-4-5-14(19)9-15/h4-10H,1-3H3,(H2,21,22,23,24). The lowest BCUT2D eigenvalue weighted by Gasteiger charge is -2.13. The van der Waals surface area contributed by atoms with Gasteiger partial charge in [0.2, 0.25) is 5.95 Å². The van der Waals surface area contributed by atoms with Crippen LogP contribution >= 0.6 is 15.9 Å². The summed E-state index contributed by atoms with van der Waals surface area (Å²) in [6.45, 7) is 6.26. The fourth-order valence-electron chi connectivity index (χ4n) is 2.62. The number of aromatic nitrogens is 3. The molecule has 24 heavy (non-hydrogen) atoms. The van der Waals surface area contributed by atoms with Crippen LogP contribution in [0.2, 0.25) is 0 Å². The van der Waals surface area contributed by atoms with E-state index >= 15 is 0 Å². The Morgan fingerprint density at radius 1 is 0.958 bits per heavy atom. The lowest BCUT2D eigenvalue weighted by Crippen LogP contribution is -2.04. The van der Waals surface area contributed by atoms with Gasteiger partial charge in [0.15, 0.2) is 5.82 Å². The fourth-order valence-corrected chi connectivity index (χ4v) is 3.02. The van der Waals surface area contributed by atoms with Gasteiger partial charge in [-0.15, -0.1) is 5.10 Å². The molecule has 0 saturated carbocycles. The van der Waals surface area contributed by atoms with Crippen LogP contribution in [0.3, 0.4) is 0 Å². The molecule has 1 aromatic heterocycles. The molecule has 0 aliphatic carbocycles. The van der Waals surface area contributed by atoms with E-state index in [1.54, 1.807) is 6.20 Å². The second-order valence-corrected chi connectivity index (χ2v) is 6.61. The fraction of sp³-hybridized carbons (Fsp3) is 0.167. The van der Waals surface area contributed by atoms with Crippen LogP contribution in [0.5, 0.6) is 0 Å². The van der Waals surface area contributed by atoms with Crippen molar-refractivity contribution in [3.05, 3.63) is 63.8 Å². The van der Waals surface area contributed by atoms with E-state index in [4.69, 9.17) is 0 Å². The van der Waals surface area contributed by atoms with Crippen molar-refractivity contribution >= 4 is 39.1 Å². The molecule has 0 aliphatic rings. The highest BCUT2D eigenvalue weighted by Gasteiger charge is 2.07. The first kappa shape index (κ1) is 16.4. The first-order valence-corrected chi connectivity index (χ1v) is 8.38. The molecule has 1 heterocycles. The van der Waals surface area contributed by atoms with E-state index in [9.17, 15) is 0 Å². The third kappa shape index (κ3) is 3.89. The Morgan fingerprint density at radius 2 is 1.71 bits per heavy atom. The van der Waals surface area contributed by atoms with Gasteiger partial charge in [-0.3, -0.25) is 0 Å². The Hall–Kier alpha value is -2.47. The molecular formula is C18H18BrN5. The molecule has 0 spiro atoms. The minimum atomic E-state index is 0.445. The van der Waals surface area contributed by atoms with Crippen LogP contribution in [-0.2, 0) is 0 Å². The van der Waals surface area contributed by atoms with Crippen LogP contribution < -0.4 is 10.6 Å². The topological polar surface area (TPSA) is 62.7 Å². The summed E-state index contributed by atoms with van der Waals surface area (Å²) in [6.07, 6.45) is 1.62. The van der Waals surface area contributed by atoms with E-state index in [1.165, 1.54) is 16.7 Å². The average Bonchev–Trinajstić information content (AvgIpc) is 2.51. The lowest BCUT2D eigenvalue weighted by molar-refractivity contribution is 0.981. The zero-order valence-electron chi connectivity index (χ0n) is 13.8. The molecule has 0 atom stereocenters. The molecule has 0 unspecified atom stereocenters. The van der Waals surface area contributed by atoms with Gasteiger partial charge in [-0.2, -0.15) is 10.1 Å². The van der Waals surface area contributed by atoms with Gasteiger partial charge in [-0.25, -0.2) is 0 Å². The number of anilines is 4. The normalized spacial score (nSPS) is 10.5. The zero-order chi connectivity index (χ0) is 17.1. The number of hydrogen-bond acceptors (Lipinski definition) is 5. The molecule has 0 amide bonds. The molecule has 3 rings (SSSR count). The zero-order valence-corrected chi connectivity index (χ0v) is 15.3. The van der Waals surface area contributed by atoms with Crippen LogP contribution in [0.4, 0.5) is 23.1 Å². The summed E-state index contributed by atoms with van der Waals surface area (Å²) in [7, 11) is 0. The van der Waals surface area contributed by atoms with Crippen LogP contribution in [0, 0.1) is 20.8 Å². The summed E-state index contributed by atoms with van der Waals surface area (Å²) in [5, 5.41) is 14.6. The Bertz CT molecular complexity index is 856. The van der Waals surface area contributed by atoms with Crippen LogP contribution in [-0.4, -0.2) is 15.2 Å². The summed E-state index contributed by atoms with van der Waals surface area (Å²) in [5.74, 6) is 1.10. The number of aryl methyl sites for hydroxylation is 3. The van der Waals surface area contributed by atoms with E-state index in [0.29, 0.717) is 11.8 Å².